The smallest absolute Gasteiger partial charge is 0.211 e. The van der Waals surface area contributed by atoms with Crippen LogP contribution < -0.4 is 9.47 Å². The maximum Gasteiger partial charge on any atom is 0.211 e. The average molecular weight is 365 g/mol. The molecule has 0 aliphatic heterocycles. The summed E-state index contributed by atoms with van der Waals surface area (Å²) in [7, 11) is 2.67. The van der Waals surface area contributed by atoms with Crippen LogP contribution in [0.5, 0.6) is 23.0 Å². The molecule has 0 amide bonds. The predicted molar refractivity (Wildman–Crippen MR) is 97.0 cm³/mol. The molecule has 3 aromatic rings. The fourth-order valence-electron chi connectivity index (χ4n) is 2.80. The van der Waals surface area contributed by atoms with Crippen molar-refractivity contribution in [3.8, 4) is 29.1 Å². The lowest BCUT2D eigenvalue weighted by molar-refractivity contribution is 0.103. The van der Waals surface area contributed by atoms with E-state index >= 15 is 0 Å². The maximum atomic E-state index is 13.0. The van der Waals surface area contributed by atoms with Crippen LogP contribution >= 0.6 is 0 Å². The summed E-state index contributed by atoms with van der Waals surface area (Å²) in [5.74, 6) is -1.21. The number of phenolic OH excluding ortho intramolecular Hbond substituents is 2. The molecule has 2 aromatic carbocycles. The highest BCUT2D eigenvalue weighted by molar-refractivity contribution is 6.20. The topological polar surface area (TPSA) is 113 Å². The second-order valence-electron chi connectivity index (χ2n) is 5.55. The number of carbonyl (C=O) groups excluding carboxylic acids is 1. The van der Waals surface area contributed by atoms with Gasteiger partial charge in [-0.05, 0) is 29.8 Å². The number of nitriles is 1. The number of ether oxygens (including phenoxy) is 2. The van der Waals surface area contributed by atoms with E-state index in [-0.39, 0.29) is 34.0 Å². The monoisotopic (exact) mass is 365 g/mol. The van der Waals surface area contributed by atoms with Crippen molar-refractivity contribution in [2.24, 2.45) is 0 Å². The summed E-state index contributed by atoms with van der Waals surface area (Å²) in [5, 5.41) is 30.0. The third kappa shape index (κ3) is 3.04. The van der Waals surface area contributed by atoms with E-state index in [2.05, 4.69) is 0 Å². The summed E-state index contributed by atoms with van der Waals surface area (Å²) in [4.78, 5) is 13.0. The molecule has 0 saturated carbocycles. The molecule has 0 bridgehead atoms. The summed E-state index contributed by atoms with van der Waals surface area (Å²) in [6.07, 6.45) is 2.68. The highest BCUT2D eigenvalue weighted by Crippen LogP contribution is 2.46. The number of fused-ring (bicyclic) bond motifs is 1. The highest BCUT2D eigenvalue weighted by Gasteiger charge is 2.29. The molecule has 27 heavy (non-hydrogen) atoms. The molecule has 2 N–H and O–H groups in total. The molecule has 0 unspecified atom stereocenters. The first-order chi connectivity index (χ1) is 13.0. The molecule has 0 radical (unpaired) electrons. The van der Waals surface area contributed by atoms with Gasteiger partial charge < -0.3 is 24.1 Å². The number of carbonyl (C=O) groups is 1. The molecule has 0 aliphatic rings. The SMILES string of the molecule is COc1c(C(=O)/C(C#N)=C/c2cccc(O)c2)c(O)c(OC)c2occc12. The highest BCUT2D eigenvalue weighted by atomic mass is 16.5. The number of furan rings is 1. The molecule has 3 rings (SSSR count). The van der Waals surface area contributed by atoms with E-state index < -0.39 is 11.5 Å². The van der Waals surface area contributed by atoms with Gasteiger partial charge in [0.05, 0.1) is 25.9 Å². The first-order valence-electron chi connectivity index (χ1n) is 7.81. The Kier molecular flexibility index (Phi) is 4.73. The van der Waals surface area contributed by atoms with Crippen molar-refractivity contribution in [3.63, 3.8) is 0 Å². The number of methoxy groups -OCH3 is 2. The van der Waals surface area contributed by atoms with Crippen molar-refractivity contribution < 1.29 is 28.9 Å². The Morgan fingerprint density at radius 1 is 1.19 bits per heavy atom. The quantitative estimate of drug-likeness (QED) is 0.403. The number of allylic oxidation sites excluding steroid dienone is 1. The molecule has 0 atom stereocenters. The van der Waals surface area contributed by atoms with Gasteiger partial charge >= 0.3 is 0 Å². The fourth-order valence-corrected chi connectivity index (χ4v) is 2.80. The average Bonchev–Trinajstić information content (AvgIpc) is 3.14. The summed E-state index contributed by atoms with van der Waals surface area (Å²) < 4.78 is 15.8. The molecule has 1 heterocycles. The molecule has 136 valence electrons. The number of rotatable bonds is 5. The van der Waals surface area contributed by atoms with E-state index in [4.69, 9.17) is 13.9 Å². The number of hydrogen-bond donors (Lipinski definition) is 2. The lowest BCUT2D eigenvalue weighted by Gasteiger charge is -2.13. The number of nitrogens with zero attached hydrogens (tertiary/aromatic N) is 1. The van der Waals surface area contributed by atoms with Crippen LogP contribution in [0.15, 0.2) is 46.6 Å². The number of aromatic hydroxyl groups is 2. The van der Waals surface area contributed by atoms with Gasteiger partial charge in [-0.1, -0.05) is 12.1 Å². The summed E-state index contributed by atoms with van der Waals surface area (Å²) in [6.45, 7) is 0. The largest absolute Gasteiger partial charge is 0.508 e. The Labute approximate surface area is 154 Å². The normalized spacial score (nSPS) is 11.2. The van der Waals surface area contributed by atoms with E-state index in [0.717, 1.165) is 0 Å². The minimum absolute atomic E-state index is 0.00426. The molecular formula is C20H15NO6. The fraction of sp³-hybridized carbons (Fsp3) is 0.100. The van der Waals surface area contributed by atoms with E-state index in [1.807, 2.05) is 6.07 Å². The van der Waals surface area contributed by atoms with E-state index in [0.29, 0.717) is 10.9 Å². The lowest BCUT2D eigenvalue weighted by Crippen LogP contribution is -2.06. The zero-order valence-electron chi connectivity index (χ0n) is 14.5. The van der Waals surface area contributed by atoms with Gasteiger partial charge in [-0.2, -0.15) is 5.26 Å². The summed E-state index contributed by atoms with van der Waals surface area (Å²) in [6, 6.07) is 9.48. The van der Waals surface area contributed by atoms with Crippen LogP contribution in [0.4, 0.5) is 0 Å². The Hall–Kier alpha value is -3.92. The van der Waals surface area contributed by atoms with E-state index in [1.54, 1.807) is 18.2 Å². The van der Waals surface area contributed by atoms with Gasteiger partial charge in [0.1, 0.15) is 28.7 Å². The van der Waals surface area contributed by atoms with Crippen LogP contribution in [0.2, 0.25) is 0 Å². The lowest BCUT2D eigenvalue weighted by atomic mass is 9.98. The molecule has 0 spiro atoms. The van der Waals surface area contributed by atoms with Crippen molar-refractivity contribution in [3.05, 3.63) is 53.3 Å². The first-order valence-corrected chi connectivity index (χ1v) is 7.81. The Morgan fingerprint density at radius 2 is 1.93 bits per heavy atom. The molecular weight excluding hydrogens is 350 g/mol. The standard InChI is InChI=1S/C20H15NO6/c1-25-18-14-6-7-27-19(14)20(26-2)17(24)15(18)16(23)12(10-21)8-11-4-3-5-13(22)9-11/h3-9,22,24H,1-2H3/b12-8+. The predicted octanol–water partition coefficient (Wildman–Crippen LogP) is 3.65. The Morgan fingerprint density at radius 3 is 2.56 bits per heavy atom. The van der Waals surface area contributed by atoms with Crippen molar-refractivity contribution in [1.29, 1.82) is 5.26 Å². The van der Waals surface area contributed by atoms with Crippen LogP contribution in [0.25, 0.3) is 17.0 Å². The van der Waals surface area contributed by atoms with Gasteiger partial charge in [-0.3, -0.25) is 4.79 Å². The van der Waals surface area contributed by atoms with Crippen molar-refractivity contribution in [1.82, 2.24) is 0 Å². The van der Waals surface area contributed by atoms with Gasteiger partial charge in [-0.15, -0.1) is 0 Å². The molecule has 7 heteroatoms. The third-order valence-corrected chi connectivity index (χ3v) is 3.98. The van der Waals surface area contributed by atoms with Crippen LogP contribution in [0.1, 0.15) is 15.9 Å². The molecule has 1 aromatic heterocycles. The minimum Gasteiger partial charge on any atom is -0.508 e. The molecule has 0 aliphatic carbocycles. The van der Waals surface area contributed by atoms with Crippen LogP contribution in [0, 0.1) is 11.3 Å². The first kappa shape index (κ1) is 17.9. The summed E-state index contributed by atoms with van der Waals surface area (Å²) >= 11 is 0. The summed E-state index contributed by atoms with van der Waals surface area (Å²) in [5.41, 5.74) is 0.212. The molecule has 7 nitrogen and oxygen atoms in total. The van der Waals surface area contributed by atoms with E-state index in [1.165, 1.54) is 38.7 Å². The van der Waals surface area contributed by atoms with Gasteiger partial charge in [0.2, 0.25) is 11.5 Å². The zero-order chi connectivity index (χ0) is 19.6. The maximum absolute atomic E-state index is 13.0. The third-order valence-electron chi connectivity index (χ3n) is 3.98. The number of hydrogen-bond acceptors (Lipinski definition) is 7. The van der Waals surface area contributed by atoms with Gasteiger partial charge in [0.15, 0.2) is 11.3 Å². The minimum atomic E-state index is -0.753. The van der Waals surface area contributed by atoms with Crippen LogP contribution in [-0.4, -0.2) is 30.2 Å². The zero-order valence-corrected chi connectivity index (χ0v) is 14.5. The number of Topliss-reactive ketones (excluding diaryl/α,β-unsaturated/α-hetero) is 1. The molecule has 0 saturated heterocycles. The number of phenols is 2. The van der Waals surface area contributed by atoms with Gasteiger partial charge in [0, 0.05) is 0 Å². The van der Waals surface area contributed by atoms with E-state index in [9.17, 15) is 20.3 Å². The van der Waals surface area contributed by atoms with Crippen molar-refractivity contribution in [2.75, 3.05) is 14.2 Å². The van der Waals surface area contributed by atoms with Crippen LogP contribution in [-0.2, 0) is 0 Å². The second-order valence-corrected chi connectivity index (χ2v) is 5.55. The number of ketones is 1. The Balaban J connectivity index is 2.23. The Bertz CT molecular complexity index is 1100. The molecule has 0 fully saturated rings. The van der Waals surface area contributed by atoms with Crippen molar-refractivity contribution >= 4 is 22.8 Å². The van der Waals surface area contributed by atoms with Gasteiger partial charge in [0.25, 0.3) is 0 Å². The van der Waals surface area contributed by atoms with Crippen LogP contribution in [0.3, 0.4) is 0 Å². The number of benzene rings is 2. The second kappa shape index (κ2) is 7.14. The van der Waals surface area contributed by atoms with Gasteiger partial charge in [-0.25, -0.2) is 0 Å². The van der Waals surface area contributed by atoms with Crippen molar-refractivity contribution in [2.45, 2.75) is 0 Å².